The van der Waals surface area contributed by atoms with Gasteiger partial charge in [0, 0.05) is 36.8 Å². The fourth-order valence-electron chi connectivity index (χ4n) is 3.63. The lowest BCUT2D eigenvalue weighted by atomic mass is 9.97. The molecule has 0 radical (unpaired) electrons. The molecule has 24 heavy (non-hydrogen) atoms. The van der Waals surface area contributed by atoms with E-state index >= 15 is 0 Å². The van der Waals surface area contributed by atoms with Crippen LogP contribution in [0.25, 0.3) is 0 Å². The quantitative estimate of drug-likeness (QED) is 0.890. The van der Waals surface area contributed by atoms with Crippen LogP contribution < -0.4 is 5.73 Å². The molecule has 130 valence electrons. The molecule has 2 amide bonds. The zero-order chi connectivity index (χ0) is 17.2. The summed E-state index contributed by atoms with van der Waals surface area (Å²) in [7, 11) is 0. The number of amides is 2. The molecule has 2 N–H and O–H groups in total. The standard InChI is InChI=1S/C18H24ClN3O2/c19-15-6-4-14(5-7-15)16(23)21-10-3-11-22(13-12-21)17(24)18(20)8-1-2-9-18/h4-7H,1-3,8-13,20H2. The first kappa shape index (κ1) is 17.2. The van der Waals surface area contributed by atoms with Crippen molar-refractivity contribution in [2.24, 2.45) is 5.73 Å². The predicted molar refractivity (Wildman–Crippen MR) is 93.9 cm³/mol. The number of carbonyl (C=O) groups is 2. The highest BCUT2D eigenvalue weighted by Gasteiger charge is 2.40. The van der Waals surface area contributed by atoms with E-state index in [0.717, 1.165) is 32.1 Å². The smallest absolute Gasteiger partial charge is 0.253 e. The Labute approximate surface area is 147 Å². The van der Waals surface area contributed by atoms with Crippen molar-refractivity contribution < 1.29 is 9.59 Å². The van der Waals surface area contributed by atoms with Crippen LogP contribution in [0.15, 0.2) is 24.3 Å². The van der Waals surface area contributed by atoms with Crippen LogP contribution in [0, 0.1) is 0 Å². The lowest BCUT2D eigenvalue weighted by Gasteiger charge is -2.30. The molecule has 1 aromatic rings. The van der Waals surface area contributed by atoms with Gasteiger partial charge in [0.25, 0.3) is 5.91 Å². The molecule has 0 spiro atoms. The first-order chi connectivity index (χ1) is 11.5. The zero-order valence-corrected chi connectivity index (χ0v) is 14.6. The Hall–Kier alpha value is -1.59. The average molecular weight is 350 g/mol. The number of nitrogens with two attached hydrogens (primary N) is 1. The SMILES string of the molecule is NC1(C(=O)N2CCCN(C(=O)c3ccc(Cl)cc3)CC2)CCCC1. The normalized spacial score (nSPS) is 20.8. The second-order valence-electron chi connectivity index (χ2n) is 6.81. The molecule has 2 fully saturated rings. The average Bonchev–Trinajstić information content (AvgIpc) is 2.89. The van der Waals surface area contributed by atoms with E-state index in [1.54, 1.807) is 24.3 Å². The maximum absolute atomic E-state index is 12.7. The molecular formula is C18H24ClN3O2. The van der Waals surface area contributed by atoms with Gasteiger partial charge >= 0.3 is 0 Å². The van der Waals surface area contributed by atoms with Crippen LogP contribution in [0.4, 0.5) is 0 Å². The number of halogens is 1. The molecule has 1 aliphatic carbocycles. The van der Waals surface area contributed by atoms with Crippen LogP contribution in [-0.4, -0.2) is 53.3 Å². The van der Waals surface area contributed by atoms with Gasteiger partial charge in [0.15, 0.2) is 0 Å². The van der Waals surface area contributed by atoms with Gasteiger partial charge in [0.2, 0.25) is 5.91 Å². The third kappa shape index (κ3) is 3.57. The van der Waals surface area contributed by atoms with Crippen molar-refractivity contribution in [2.45, 2.75) is 37.6 Å². The van der Waals surface area contributed by atoms with Crippen molar-refractivity contribution in [3.63, 3.8) is 0 Å². The van der Waals surface area contributed by atoms with Gasteiger partial charge in [-0.1, -0.05) is 24.4 Å². The summed E-state index contributed by atoms with van der Waals surface area (Å²) < 4.78 is 0. The fraction of sp³-hybridized carbons (Fsp3) is 0.556. The first-order valence-corrected chi connectivity index (χ1v) is 9.00. The summed E-state index contributed by atoms with van der Waals surface area (Å²) in [5, 5.41) is 0.615. The number of rotatable bonds is 2. The highest BCUT2D eigenvalue weighted by Crippen LogP contribution is 2.29. The molecule has 0 bridgehead atoms. The maximum atomic E-state index is 12.7. The Bertz CT molecular complexity index is 611. The third-order valence-electron chi connectivity index (χ3n) is 5.08. The Morgan fingerprint density at radius 1 is 0.917 bits per heavy atom. The molecule has 1 aliphatic heterocycles. The summed E-state index contributed by atoms with van der Waals surface area (Å²) in [5.74, 6) is 0.0464. The molecule has 0 aromatic heterocycles. The Balaban J connectivity index is 1.63. The predicted octanol–water partition coefficient (Wildman–Crippen LogP) is 2.29. The van der Waals surface area contributed by atoms with Crippen LogP contribution in [0.3, 0.4) is 0 Å². The lowest BCUT2D eigenvalue weighted by molar-refractivity contribution is -0.136. The van der Waals surface area contributed by atoms with Gasteiger partial charge in [-0.3, -0.25) is 9.59 Å². The molecule has 6 heteroatoms. The van der Waals surface area contributed by atoms with E-state index in [0.29, 0.717) is 36.8 Å². The van der Waals surface area contributed by atoms with Gasteiger partial charge in [-0.2, -0.15) is 0 Å². The van der Waals surface area contributed by atoms with Gasteiger partial charge in [-0.05, 0) is 43.5 Å². The largest absolute Gasteiger partial charge is 0.339 e. The Morgan fingerprint density at radius 3 is 2.17 bits per heavy atom. The highest BCUT2D eigenvalue weighted by molar-refractivity contribution is 6.30. The molecule has 1 heterocycles. The summed E-state index contributed by atoms with van der Waals surface area (Å²) >= 11 is 5.88. The minimum atomic E-state index is -0.685. The molecule has 0 unspecified atom stereocenters. The Morgan fingerprint density at radius 2 is 1.50 bits per heavy atom. The molecule has 0 atom stereocenters. The maximum Gasteiger partial charge on any atom is 0.253 e. The van der Waals surface area contributed by atoms with Crippen LogP contribution in [0.1, 0.15) is 42.5 Å². The number of carbonyl (C=O) groups excluding carboxylic acids is 2. The number of hydrogen-bond acceptors (Lipinski definition) is 3. The van der Waals surface area contributed by atoms with Crippen molar-refractivity contribution in [3.8, 4) is 0 Å². The molecule has 5 nitrogen and oxygen atoms in total. The first-order valence-electron chi connectivity index (χ1n) is 8.63. The molecule has 3 rings (SSSR count). The summed E-state index contributed by atoms with van der Waals surface area (Å²) in [6, 6.07) is 6.93. The fourth-order valence-corrected chi connectivity index (χ4v) is 3.76. The van der Waals surface area contributed by atoms with E-state index < -0.39 is 5.54 Å². The van der Waals surface area contributed by atoms with E-state index in [4.69, 9.17) is 17.3 Å². The van der Waals surface area contributed by atoms with Crippen LogP contribution in [0.5, 0.6) is 0 Å². The van der Waals surface area contributed by atoms with Gasteiger partial charge in [0.05, 0.1) is 5.54 Å². The summed E-state index contributed by atoms with van der Waals surface area (Å²) in [6.45, 7) is 2.42. The second kappa shape index (κ2) is 7.11. The van der Waals surface area contributed by atoms with Gasteiger partial charge in [-0.15, -0.1) is 0 Å². The van der Waals surface area contributed by atoms with Crippen molar-refractivity contribution in [1.82, 2.24) is 9.80 Å². The zero-order valence-electron chi connectivity index (χ0n) is 13.8. The van der Waals surface area contributed by atoms with Crippen LogP contribution >= 0.6 is 11.6 Å². The van der Waals surface area contributed by atoms with E-state index in [-0.39, 0.29) is 11.8 Å². The third-order valence-corrected chi connectivity index (χ3v) is 5.34. The molecular weight excluding hydrogens is 326 g/mol. The van der Waals surface area contributed by atoms with Gasteiger partial charge < -0.3 is 15.5 Å². The van der Waals surface area contributed by atoms with E-state index in [1.165, 1.54) is 0 Å². The topological polar surface area (TPSA) is 66.6 Å². The van der Waals surface area contributed by atoms with Crippen molar-refractivity contribution in [1.29, 1.82) is 0 Å². The monoisotopic (exact) mass is 349 g/mol. The van der Waals surface area contributed by atoms with E-state index in [1.807, 2.05) is 9.80 Å². The molecule has 1 saturated heterocycles. The van der Waals surface area contributed by atoms with Gasteiger partial charge in [-0.25, -0.2) is 0 Å². The highest BCUT2D eigenvalue weighted by atomic mass is 35.5. The summed E-state index contributed by atoms with van der Waals surface area (Å²) in [4.78, 5) is 29.0. The molecule has 1 aromatic carbocycles. The number of hydrogen-bond donors (Lipinski definition) is 1. The minimum absolute atomic E-state index is 0.00991. The van der Waals surface area contributed by atoms with Crippen molar-refractivity contribution in [3.05, 3.63) is 34.9 Å². The van der Waals surface area contributed by atoms with Crippen LogP contribution in [0.2, 0.25) is 5.02 Å². The van der Waals surface area contributed by atoms with E-state index in [9.17, 15) is 9.59 Å². The molecule has 2 aliphatic rings. The molecule has 1 saturated carbocycles. The minimum Gasteiger partial charge on any atom is -0.339 e. The lowest BCUT2D eigenvalue weighted by Crippen LogP contribution is -2.54. The second-order valence-corrected chi connectivity index (χ2v) is 7.24. The number of nitrogens with zero attached hydrogens (tertiary/aromatic N) is 2. The van der Waals surface area contributed by atoms with Crippen LogP contribution in [-0.2, 0) is 4.79 Å². The summed E-state index contributed by atoms with van der Waals surface area (Å²) in [6.07, 6.45) is 4.38. The summed E-state index contributed by atoms with van der Waals surface area (Å²) in [5.41, 5.74) is 6.24. The van der Waals surface area contributed by atoms with Crippen molar-refractivity contribution in [2.75, 3.05) is 26.2 Å². The van der Waals surface area contributed by atoms with Gasteiger partial charge in [0.1, 0.15) is 0 Å². The van der Waals surface area contributed by atoms with Crippen molar-refractivity contribution >= 4 is 23.4 Å². The Kier molecular flexibility index (Phi) is 5.11. The number of benzene rings is 1. The van der Waals surface area contributed by atoms with E-state index in [2.05, 4.69) is 0 Å².